The average molecular weight is 516 g/mol. The molecule has 3 aromatic rings. The summed E-state index contributed by atoms with van der Waals surface area (Å²) in [6.07, 6.45) is 4.60. The smallest absolute Gasteiger partial charge is 0.321 e. The zero-order chi connectivity index (χ0) is 20.6. The minimum atomic E-state index is -0.760. The topological polar surface area (TPSA) is 35.1 Å². The maximum Gasteiger partial charge on any atom is 0.321 e. The maximum absolute atomic E-state index is 13.3. The molecule has 1 atom stereocenters. The number of halogens is 1. The number of carbonyl (C=O) groups excluding carboxylic acids is 1. The Morgan fingerprint density at radius 1 is 1.03 bits per heavy atom. The molecule has 0 spiro atoms. The van der Waals surface area contributed by atoms with E-state index in [1.54, 1.807) is 0 Å². The highest BCUT2D eigenvalue weighted by molar-refractivity contribution is 5.89. The first-order valence-corrected chi connectivity index (χ1v) is 10.2. The highest BCUT2D eigenvalue weighted by Gasteiger charge is 2.52. The van der Waals surface area contributed by atoms with Crippen LogP contribution in [0.4, 0.5) is 0 Å². The number of benzene rings is 2. The van der Waals surface area contributed by atoms with Crippen molar-refractivity contribution in [3.63, 3.8) is 0 Å². The molecule has 0 aliphatic carbocycles. The predicted octanol–water partition coefficient (Wildman–Crippen LogP) is 0.916. The van der Waals surface area contributed by atoms with Crippen LogP contribution < -0.4 is 28.5 Å². The van der Waals surface area contributed by atoms with Gasteiger partial charge in [-0.2, -0.15) is 0 Å². The molecule has 30 heavy (non-hydrogen) atoms. The summed E-state index contributed by atoms with van der Waals surface area (Å²) in [6, 6.07) is 20.1. The van der Waals surface area contributed by atoms with Crippen LogP contribution in [0.1, 0.15) is 44.1 Å². The lowest BCUT2D eigenvalue weighted by Crippen LogP contribution is -3.00. The Hall–Kier alpha value is -2.15. The summed E-state index contributed by atoms with van der Waals surface area (Å²) >= 11 is 0. The average Bonchev–Trinajstić information content (AvgIpc) is 3.23. The van der Waals surface area contributed by atoms with Crippen LogP contribution in [-0.4, -0.2) is 16.6 Å². The van der Waals surface area contributed by atoms with Gasteiger partial charge in [0.25, 0.3) is 5.82 Å². The van der Waals surface area contributed by atoms with Crippen LogP contribution in [0, 0.1) is 0 Å². The first-order valence-electron chi connectivity index (χ1n) is 10.2. The predicted molar refractivity (Wildman–Crippen MR) is 112 cm³/mol. The minimum absolute atomic E-state index is 0. The van der Waals surface area contributed by atoms with Gasteiger partial charge in [0.05, 0.1) is 12.5 Å². The number of imidazole rings is 1. The largest absolute Gasteiger partial charge is 1.00 e. The van der Waals surface area contributed by atoms with E-state index in [0.717, 1.165) is 11.1 Å². The maximum atomic E-state index is 13.3. The van der Waals surface area contributed by atoms with Crippen molar-refractivity contribution in [1.82, 2.24) is 4.57 Å². The van der Waals surface area contributed by atoms with Gasteiger partial charge in [0.1, 0.15) is 30.5 Å². The molecule has 2 aromatic carbocycles. The number of ether oxygens (including phenoxy) is 1. The molecule has 1 aromatic heterocycles. The van der Waals surface area contributed by atoms with Crippen LogP contribution in [-0.2, 0) is 34.0 Å². The Bertz CT molecular complexity index is 967. The van der Waals surface area contributed by atoms with E-state index in [9.17, 15) is 4.79 Å². The molecule has 5 heteroatoms. The van der Waals surface area contributed by atoms with Gasteiger partial charge in [-0.15, -0.1) is 0 Å². The van der Waals surface area contributed by atoms with E-state index >= 15 is 0 Å². The van der Waals surface area contributed by atoms with Crippen molar-refractivity contribution in [2.75, 3.05) is 0 Å². The minimum Gasteiger partial charge on any atom is -1.00 e. The van der Waals surface area contributed by atoms with Crippen LogP contribution in [0.25, 0.3) is 0 Å². The van der Waals surface area contributed by atoms with Crippen molar-refractivity contribution in [3.05, 3.63) is 90.0 Å². The summed E-state index contributed by atoms with van der Waals surface area (Å²) in [5, 5.41) is 0. The number of hydrogen-bond acceptors (Lipinski definition) is 2. The normalized spacial score (nSPS) is 18.0. The van der Waals surface area contributed by atoms with Crippen LogP contribution in [0.15, 0.2) is 73.1 Å². The lowest BCUT2D eigenvalue weighted by molar-refractivity contribution is -0.682. The van der Waals surface area contributed by atoms with Crippen molar-refractivity contribution in [3.8, 4) is 0 Å². The first kappa shape index (κ1) is 22.5. The molecule has 1 aliphatic heterocycles. The molecule has 0 saturated carbocycles. The molecular formula is C25H29IN2O2. The summed E-state index contributed by atoms with van der Waals surface area (Å²) in [5.74, 6) is 1.05. The van der Waals surface area contributed by atoms with Gasteiger partial charge in [0, 0.05) is 6.42 Å². The highest BCUT2D eigenvalue weighted by Crippen LogP contribution is 2.43. The molecule has 1 unspecified atom stereocenters. The Morgan fingerprint density at radius 3 is 2.07 bits per heavy atom. The van der Waals surface area contributed by atoms with Gasteiger partial charge < -0.3 is 28.7 Å². The molecule has 1 aliphatic rings. The van der Waals surface area contributed by atoms with Crippen molar-refractivity contribution < 1.29 is 38.1 Å². The number of carbonyl (C=O) groups is 1. The van der Waals surface area contributed by atoms with Gasteiger partial charge in [-0.3, -0.25) is 4.79 Å². The molecule has 0 bridgehead atoms. The summed E-state index contributed by atoms with van der Waals surface area (Å²) < 4.78 is 10.4. The van der Waals surface area contributed by atoms with Crippen molar-refractivity contribution in [1.29, 1.82) is 0 Å². The lowest BCUT2D eigenvalue weighted by atomic mass is 9.72. The lowest BCUT2D eigenvalue weighted by Gasteiger charge is -2.26. The zero-order valence-corrected chi connectivity index (χ0v) is 20.2. The molecule has 1 saturated heterocycles. The van der Waals surface area contributed by atoms with Crippen molar-refractivity contribution >= 4 is 5.97 Å². The van der Waals surface area contributed by atoms with E-state index in [0.29, 0.717) is 13.0 Å². The second-order valence-electron chi connectivity index (χ2n) is 9.00. The van der Waals surface area contributed by atoms with Gasteiger partial charge in [-0.25, -0.2) is 9.13 Å². The van der Waals surface area contributed by atoms with Crippen molar-refractivity contribution in [2.24, 2.45) is 7.05 Å². The molecule has 1 fully saturated rings. The quantitative estimate of drug-likeness (QED) is 0.294. The fourth-order valence-electron chi connectivity index (χ4n) is 4.75. The third-order valence-corrected chi connectivity index (χ3v) is 5.84. The van der Waals surface area contributed by atoms with E-state index in [1.807, 2.05) is 60.7 Å². The molecule has 2 heterocycles. The monoisotopic (exact) mass is 516 g/mol. The second kappa shape index (κ2) is 8.53. The zero-order valence-electron chi connectivity index (χ0n) is 18.0. The number of esters is 1. The fourth-order valence-corrected chi connectivity index (χ4v) is 4.75. The van der Waals surface area contributed by atoms with Crippen LogP contribution in [0.2, 0.25) is 0 Å². The molecule has 0 amide bonds. The molecule has 0 N–H and O–H groups in total. The molecular weight excluding hydrogens is 487 g/mol. The summed E-state index contributed by atoms with van der Waals surface area (Å²) in [5.41, 5.74) is 1.22. The van der Waals surface area contributed by atoms with E-state index in [1.165, 1.54) is 5.82 Å². The number of rotatable bonds is 4. The van der Waals surface area contributed by atoms with Crippen LogP contribution in [0.5, 0.6) is 0 Å². The van der Waals surface area contributed by atoms with E-state index in [2.05, 4.69) is 49.3 Å². The summed E-state index contributed by atoms with van der Waals surface area (Å²) in [6.45, 7) is 7.27. The van der Waals surface area contributed by atoms with Gasteiger partial charge >= 0.3 is 5.97 Å². The van der Waals surface area contributed by atoms with Crippen LogP contribution in [0.3, 0.4) is 0 Å². The molecule has 158 valence electrons. The van der Waals surface area contributed by atoms with E-state index in [4.69, 9.17) is 4.74 Å². The van der Waals surface area contributed by atoms with Gasteiger partial charge in [0.2, 0.25) is 0 Å². The first-order chi connectivity index (χ1) is 13.8. The number of aromatic nitrogens is 2. The molecule has 4 rings (SSSR count). The molecule has 0 radical (unpaired) electrons. The Morgan fingerprint density at radius 2 is 1.57 bits per heavy atom. The SMILES string of the molecule is C[n+]1ccn(CC2CC(c3ccccc3)(c3ccccc3)C(=O)O2)c1C(C)(C)C.[I-]. The van der Waals surface area contributed by atoms with Gasteiger partial charge in [0.15, 0.2) is 0 Å². The standard InChI is InChI=1S/C25H29N2O2.HI/c1-24(2,3)22-26(4)15-16-27(22)18-21-17-25(23(28)29-21,19-11-7-5-8-12-19)20-13-9-6-10-14-20;/h5-16,21H,17-18H2,1-4H3;1H/q+1;/p-1. The number of aryl methyl sites for hydroxylation is 1. The number of hydrogen-bond donors (Lipinski definition) is 0. The Labute approximate surface area is 195 Å². The Kier molecular flexibility index (Phi) is 6.41. The van der Waals surface area contributed by atoms with Crippen molar-refractivity contribution in [2.45, 2.75) is 50.7 Å². The summed E-state index contributed by atoms with van der Waals surface area (Å²) in [4.78, 5) is 13.3. The third-order valence-electron chi connectivity index (χ3n) is 5.84. The number of nitrogens with zero attached hydrogens (tertiary/aromatic N) is 2. The molecule has 4 nitrogen and oxygen atoms in total. The Balaban J connectivity index is 0.00000256. The second-order valence-corrected chi connectivity index (χ2v) is 9.00. The third kappa shape index (κ3) is 3.92. The van der Waals surface area contributed by atoms with E-state index in [-0.39, 0.29) is 41.5 Å². The van der Waals surface area contributed by atoms with Gasteiger partial charge in [-0.05, 0) is 31.9 Å². The van der Waals surface area contributed by atoms with E-state index < -0.39 is 5.41 Å². The highest BCUT2D eigenvalue weighted by atomic mass is 127. The van der Waals surface area contributed by atoms with Crippen LogP contribution >= 0.6 is 0 Å². The van der Waals surface area contributed by atoms with Gasteiger partial charge in [-0.1, -0.05) is 60.7 Å². The fraction of sp³-hybridized carbons (Fsp3) is 0.360. The summed E-state index contributed by atoms with van der Waals surface area (Å²) in [7, 11) is 2.07. The number of cyclic esters (lactones) is 1.